The summed E-state index contributed by atoms with van der Waals surface area (Å²) in [5, 5.41) is 12.7. The molecule has 0 radical (unpaired) electrons. The molecule has 0 spiro atoms. The van der Waals surface area contributed by atoms with E-state index in [4.69, 9.17) is 9.47 Å². The zero-order valence-corrected chi connectivity index (χ0v) is 17.7. The van der Waals surface area contributed by atoms with Gasteiger partial charge in [0.2, 0.25) is 0 Å². The first-order chi connectivity index (χ1) is 15.0. The van der Waals surface area contributed by atoms with Gasteiger partial charge < -0.3 is 9.47 Å². The molecule has 158 valence electrons. The SMILES string of the molecule is COc1ccc(-c2[nH]ncc2/C=N\NS(=O)(=O)c2ccc3ccccc3c2)cc1OC. The number of benzene rings is 3. The maximum absolute atomic E-state index is 12.6. The molecule has 0 saturated carbocycles. The second-order valence-electron chi connectivity index (χ2n) is 6.63. The fourth-order valence-corrected chi connectivity index (χ4v) is 4.00. The maximum Gasteiger partial charge on any atom is 0.276 e. The minimum Gasteiger partial charge on any atom is -0.493 e. The number of ether oxygens (including phenoxy) is 2. The van der Waals surface area contributed by atoms with Crippen molar-refractivity contribution in [1.82, 2.24) is 15.0 Å². The van der Waals surface area contributed by atoms with Gasteiger partial charge in [0.1, 0.15) is 0 Å². The molecule has 0 bridgehead atoms. The minimum absolute atomic E-state index is 0.135. The van der Waals surface area contributed by atoms with Gasteiger partial charge in [0.05, 0.1) is 37.2 Å². The van der Waals surface area contributed by atoms with Crippen LogP contribution in [0.15, 0.2) is 76.9 Å². The van der Waals surface area contributed by atoms with Gasteiger partial charge in [-0.15, -0.1) is 0 Å². The normalized spacial score (nSPS) is 11.7. The molecular formula is C22H20N4O4S. The number of aromatic nitrogens is 2. The molecule has 1 heterocycles. The molecule has 0 atom stereocenters. The number of hydrazone groups is 1. The van der Waals surface area contributed by atoms with E-state index in [0.29, 0.717) is 22.8 Å². The highest BCUT2D eigenvalue weighted by atomic mass is 32.2. The molecule has 8 nitrogen and oxygen atoms in total. The lowest BCUT2D eigenvalue weighted by molar-refractivity contribution is 0.355. The summed E-state index contributed by atoms with van der Waals surface area (Å²) < 4.78 is 35.9. The van der Waals surface area contributed by atoms with Gasteiger partial charge >= 0.3 is 0 Å². The largest absolute Gasteiger partial charge is 0.493 e. The third-order valence-electron chi connectivity index (χ3n) is 4.75. The molecule has 0 saturated heterocycles. The van der Waals surface area contributed by atoms with Gasteiger partial charge in [-0.25, -0.2) is 4.83 Å². The molecule has 1 aromatic heterocycles. The molecule has 4 aromatic rings. The number of nitrogens with one attached hydrogen (secondary N) is 2. The van der Waals surface area contributed by atoms with E-state index < -0.39 is 10.0 Å². The van der Waals surface area contributed by atoms with Crippen LogP contribution in [0.25, 0.3) is 22.0 Å². The number of rotatable bonds is 7. The van der Waals surface area contributed by atoms with E-state index in [9.17, 15) is 8.42 Å². The average molecular weight is 436 g/mol. The van der Waals surface area contributed by atoms with Crippen molar-refractivity contribution >= 4 is 27.0 Å². The van der Waals surface area contributed by atoms with Gasteiger partial charge in [-0.2, -0.15) is 18.6 Å². The Labute approximate surface area is 179 Å². The number of nitrogens with zero attached hydrogens (tertiary/aromatic N) is 2. The molecule has 0 unspecified atom stereocenters. The lowest BCUT2D eigenvalue weighted by atomic mass is 10.1. The molecule has 0 amide bonds. The first-order valence-corrected chi connectivity index (χ1v) is 10.8. The highest BCUT2D eigenvalue weighted by Gasteiger charge is 2.14. The van der Waals surface area contributed by atoms with E-state index in [1.807, 2.05) is 30.3 Å². The Morgan fingerprint density at radius 2 is 1.74 bits per heavy atom. The molecule has 0 fully saturated rings. The molecule has 9 heteroatoms. The summed E-state index contributed by atoms with van der Waals surface area (Å²) in [7, 11) is -0.700. The molecule has 31 heavy (non-hydrogen) atoms. The number of hydrogen-bond acceptors (Lipinski definition) is 6. The summed E-state index contributed by atoms with van der Waals surface area (Å²) in [4.78, 5) is 2.39. The molecule has 4 rings (SSSR count). The quantitative estimate of drug-likeness (QED) is 0.340. The lowest BCUT2D eigenvalue weighted by Crippen LogP contribution is -2.18. The van der Waals surface area contributed by atoms with Crippen molar-refractivity contribution in [1.29, 1.82) is 0 Å². The van der Waals surface area contributed by atoms with E-state index in [1.165, 1.54) is 6.21 Å². The third kappa shape index (κ3) is 4.22. The third-order valence-corrected chi connectivity index (χ3v) is 5.97. The van der Waals surface area contributed by atoms with E-state index in [-0.39, 0.29) is 4.90 Å². The van der Waals surface area contributed by atoms with Gasteiger partial charge in [-0.3, -0.25) is 5.10 Å². The summed E-state index contributed by atoms with van der Waals surface area (Å²) in [5.74, 6) is 1.17. The number of fused-ring (bicyclic) bond motifs is 1. The minimum atomic E-state index is -3.82. The van der Waals surface area contributed by atoms with Crippen LogP contribution in [0.4, 0.5) is 0 Å². The molecular weight excluding hydrogens is 416 g/mol. The fourth-order valence-electron chi connectivity index (χ4n) is 3.17. The average Bonchev–Trinajstić information content (AvgIpc) is 3.26. The lowest BCUT2D eigenvalue weighted by Gasteiger charge is -2.09. The van der Waals surface area contributed by atoms with Gasteiger partial charge in [0.15, 0.2) is 11.5 Å². The summed E-state index contributed by atoms with van der Waals surface area (Å²) >= 11 is 0. The number of H-pyrrole nitrogens is 1. The highest BCUT2D eigenvalue weighted by molar-refractivity contribution is 7.89. The van der Waals surface area contributed by atoms with Crippen molar-refractivity contribution in [3.05, 3.63) is 72.4 Å². The Kier molecular flexibility index (Phi) is 5.59. The smallest absolute Gasteiger partial charge is 0.276 e. The summed E-state index contributed by atoms with van der Waals surface area (Å²) in [5.41, 5.74) is 2.05. The predicted octanol–water partition coefficient (Wildman–Crippen LogP) is 3.56. The Morgan fingerprint density at radius 1 is 0.968 bits per heavy atom. The maximum atomic E-state index is 12.6. The monoisotopic (exact) mass is 436 g/mol. The van der Waals surface area contributed by atoms with Crippen LogP contribution in [-0.2, 0) is 10.0 Å². The zero-order valence-electron chi connectivity index (χ0n) is 16.9. The molecule has 0 aliphatic carbocycles. The van der Waals surface area contributed by atoms with Crippen molar-refractivity contribution in [3.63, 3.8) is 0 Å². The zero-order chi connectivity index (χ0) is 21.8. The first kappa shape index (κ1) is 20.4. The Bertz CT molecular complexity index is 1360. The Balaban J connectivity index is 1.56. The van der Waals surface area contributed by atoms with Gasteiger partial charge in [0, 0.05) is 11.1 Å². The van der Waals surface area contributed by atoms with Gasteiger partial charge in [0.25, 0.3) is 10.0 Å². The van der Waals surface area contributed by atoms with Crippen molar-refractivity contribution in [2.75, 3.05) is 14.2 Å². The van der Waals surface area contributed by atoms with Crippen LogP contribution in [-0.4, -0.2) is 39.0 Å². The summed E-state index contributed by atoms with van der Waals surface area (Å²) in [6.45, 7) is 0. The number of sulfonamides is 1. The van der Waals surface area contributed by atoms with Gasteiger partial charge in [-0.05, 0) is 41.1 Å². The van der Waals surface area contributed by atoms with Crippen LogP contribution in [0.2, 0.25) is 0 Å². The number of aromatic amines is 1. The van der Waals surface area contributed by atoms with Crippen LogP contribution in [0, 0.1) is 0 Å². The molecule has 3 aromatic carbocycles. The van der Waals surface area contributed by atoms with Crippen LogP contribution in [0.5, 0.6) is 11.5 Å². The summed E-state index contributed by atoms with van der Waals surface area (Å²) in [6.07, 6.45) is 2.95. The number of hydrogen-bond donors (Lipinski definition) is 2. The van der Waals surface area contributed by atoms with Crippen molar-refractivity contribution in [2.24, 2.45) is 5.10 Å². The number of methoxy groups -OCH3 is 2. The van der Waals surface area contributed by atoms with Gasteiger partial charge in [-0.1, -0.05) is 30.3 Å². The van der Waals surface area contributed by atoms with E-state index in [2.05, 4.69) is 20.1 Å². The van der Waals surface area contributed by atoms with Crippen LogP contribution in [0.1, 0.15) is 5.56 Å². The van der Waals surface area contributed by atoms with E-state index in [0.717, 1.165) is 16.3 Å². The topological polar surface area (TPSA) is 106 Å². The Hall–Kier alpha value is -3.85. The second-order valence-corrected chi connectivity index (χ2v) is 8.29. The van der Waals surface area contributed by atoms with Crippen molar-refractivity contribution in [2.45, 2.75) is 4.90 Å². The Morgan fingerprint density at radius 3 is 2.52 bits per heavy atom. The fraction of sp³-hybridized carbons (Fsp3) is 0.0909. The van der Waals surface area contributed by atoms with E-state index >= 15 is 0 Å². The molecule has 0 aliphatic heterocycles. The summed E-state index contributed by atoms with van der Waals surface area (Å²) in [6, 6.07) is 17.9. The molecule has 0 aliphatic rings. The van der Waals surface area contributed by atoms with Crippen LogP contribution >= 0.6 is 0 Å². The first-order valence-electron chi connectivity index (χ1n) is 9.31. The predicted molar refractivity (Wildman–Crippen MR) is 119 cm³/mol. The standard InChI is InChI=1S/C22H20N4O4S/c1-29-20-10-8-17(12-21(20)30-2)22-18(13-23-25-22)14-24-26-31(27,28)19-9-7-15-5-3-4-6-16(15)11-19/h3-14,26H,1-2H3,(H,23,25)/b24-14-. The second kappa shape index (κ2) is 8.49. The van der Waals surface area contributed by atoms with Crippen LogP contribution < -0.4 is 14.3 Å². The van der Waals surface area contributed by atoms with E-state index in [1.54, 1.807) is 50.7 Å². The van der Waals surface area contributed by atoms with Crippen LogP contribution in [0.3, 0.4) is 0 Å². The molecule has 2 N–H and O–H groups in total. The highest BCUT2D eigenvalue weighted by Crippen LogP contribution is 2.32. The van der Waals surface area contributed by atoms with Crippen molar-refractivity contribution < 1.29 is 17.9 Å². The van der Waals surface area contributed by atoms with Crippen molar-refractivity contribution in [3.8, 4) is 22.8 Å².